The maximum atomic E-state index is 12.1. The first-order chi connectivity index (χ1) is 13.3. The van der Waals surface area contributed by atoms with Crippen molar-refractivity contribution in [3.05, 3.63) is 67.0 Å². The number of rotatable bonds is 6. The number of anilines is 2. The van der Waals surface area contributed by atoms with Crippen LogP contribution in [0, 0.1) is 3.57 Å². The largest absolute Gasteiger partial charge is 0.456 e. The number of benzene rings is 2. The molecule has 0 amide bonds. The zero-order chi connectivity index (χ0) is 20.3. The molecule has 1 aromatic heterocycles. The van der Waals surface area contributed by atoms with Gasteiger partial charge in [0.25, 0.3) is 5.56 Å². The van der Waals surface area contributed by atoms with E-state index in [1.165, 1.54) is 11.5 Å². The highest BCUT2D eigenvalue weighted by molar-refractivity contribution is 14.1. The Bertz CT molecular complexity index is 1060. The van der Waals surface area contributed by atoms with Crippen LogP contribution in [0.4, 0.5) is 10.7 Å². The number of aromatic amines is 1. The number of hydrogen-bond donors (Lipinski definition) is 3. The van der Waals surface area contributed by atoms with Gasteiger partial charge in [-0.15, -0.1) is 0 Å². The number of nitrogens with two attached hydrogens (primary N) is 1. The monoisotopic (exact) mass is 528 g/mol. The Balaban J connectivity index is 1.79. The van der Waals surface area contributed by atoms with E-state index in [9.17, 15) is 4.79 Å². The zero-order valence-electron chi connectivity index (χ0n) is 15.1. The van der Waals surface area contributed by atoms with Gasteiger partial charge in [0.2, 0.25) is 0 Å². The van der Waals surface area contributed by atoms with E-state index in [0.717, 1.165) is 9.26 Å². The van der Waals surface area contributed by atoms with Crippen molar-refractivity contribution >= 4 is 62.2 Å². The summed E-state index contributed by atoms with van der Waals surface area (Å²) in [6.07, 6.45) is 0. The van der Waals surface area contributed by atoms with E-state index in [0.29, 0.717) is 27.1 Å². The minimum atomic E-state index is -0.261. The van der Waals surface area contributed by atoms with Crippen LogP contribution in [0.3, 0.4) is 0 Å². The van der Waals surface area contributed by atoms with Gasteiger partial charge in [-0.25, -0.2) is 0 Å². The Labute approximate surface area is 185 Å². The molecular formula is C19H18ClIN4O2S. The average Bonchev–Trinajstić information content (AvgIpc) is 2.99. The Morgan fingerprint density at radius 3 is 2.68 bits per heavy atom. The normalized spacial score (nSPS) is 11.7. The number of amidine groups is 1. The number of hydrogen-bond acceptors (Lipinski definition) is 5. The lowest BCUT2D eigenvalue weighted by Crippen LogP contribution is -2.23. The molecule has 0 radical (unpaired) electrons. The van der Waals surface area contributed by atoms with Crippen LogP contribution in [0.1, 0.15) is 19.4 Å². The number of aromatic nitrogens is 1. The minimum Gasteiger partial charge on any atom is -0.456 e. The van der Waals surface area contributed by atoms with Crippen molar-refractivity contribution in [2.45, 2.75) is 19.9 Å². The predicted octanol–water partition coefficient (Wildman–Crippen LogP) is 5.34. The number of nitrogens with zero attached hydrogens (tertiary/aromatic N) is 1. The zero-order valence-corrected chi connectivity index (χ0v) is 18.9. The third-order valence-corrected chi connectivity index (χ3v) is 5.37. The molecule has 0 saturated carbocycles. The van der Waals surface area contributed by atoms with Gasteiger partial charge in [-0.05, 0) is 90.4 Å². The van der Waals surface area contributed by atoms with Crippen molar-refractivity contribution in [2.75, 3.05) is 5.32 Å². The molecule has 28 heavy (non-hydrogen) atoms. The van der Waals surface area contributed by atoms with Crippen LogP contribution in [-0.2, 0) is 0 Å². The fraction of sp³-hybridized carbons (Fsp3) is 0.158. The first kappa shape index (κ1) is 20.7. The molecule has 0 atom stereocenters. The number of H-pyrrole nitrogens is 1. The summed E-state index contributed by atoms with van der Waals surface area (Å²) in [7, 11) is 0. The van der Waals surface area contributed by atoms with Gasteiger partial charge in [-0.1, -0.05) is 11.6 Å². The lowest BCUT2D eigenvalue weighted by Gasteiger charge is -2.10. The van der Waals surface area contributed by atoms with E-state index in [4.69, 9.17) is 22.1 Å². The summed E-state index contributed by atoms with van der Waals surface area (Å²) in [6, 6.07) is 12.9. The number of ether oxygens (including phenoxy) is 1. The van der Waals surface area contributed by atoms with E-state index in [1.54, 1.807) is 6.07 Å². The van der Waals surface area contributed by atoms with E-state index in [1.807, 2.05) is 50.2 Å². The molecule has 0 spiro atoms. The van der Waals surface area contributed by atoms with E-state index < -0.39 is 0 Å². The van der Waals surface area contributed by atoms with Crippen LogP contribution in [0.5, 0.6) is 11.5 Å². The Morgan fingerprint density at radius 1 is 1.29 bits per heavy atom. The Hall–Kier alpha value is -2.04. The van der Waals surface area contributed by atoms with Gasteiger partial charge < -0.3 is 15.8 Å². The summed E-state index contributed by atoms with van der Waals surface area (Å²) in [5, 5.41) is 4.36. The first-order valence-corrected chi connectivity index (χ1v) is 10.7. The molecule has 3 aromatic rings. The highest BCUT2D eigenvalue weighted by atomic mass is 127. The molecule has 0 aliphatic rings. The lowest BCUT2D eigenvalue weighted by atomic mass is 10.2. The topological polar surface area (TPSA) is 92.5 Å². The second-order valence-electron chi connectivity index (χ2n) is 6.17. The molecular weight excluding hydrogens is 511 g/mol. The summed E-state index contributed by atoms with van der Waals surface area (Å²) < 4.78 is 9.57. The average molecular weight is 529 g/mol. The second-order valence-corrected chi connectivity index (χ2v) is 8.64. The fourth-order valence-corrected chi connectivity index (χ4v) is 3.77. The molecule has 0 aliphatic heterocycles. The Kier molecular flexibility index (Phi) is 6.63. The molecule has 6 nitrogen and oxygen atoms in total. The van der Waals surface area contributed by atoms with Crippen LogP contribution >= 0.6 is 45.7 Å². The van der Waals surface area contributed by atoms with Gasteiger partial charge in [0, 0.05) is 15.3 Å². The van der Waals surface area contributed by atoms with Gasteiger partial charge >= 0.3 is 0 Å². The molecule has 0 bridgehead atoms. The number of nitrogens with one attached hydrogen (secondary N) is 2. The van der Waals surface area contributed by atoms with Crippen molar-refractivity contribution in [1.82, 2.24) is 4.37 Å². The van der Waals surface area contributed by atoms with Gasteiger partial charge in [-0.3, -0.25) is 14.2 Å². The van der Waals surface area contributed by atoms with Crippen molar-refractivity contribution in [2.24, 2.45) is 10.7 Å². The van der Waals surface area contributed by atoms with Crippen molar-refractivity contribution < 1.29 is 4.74 Å². The summed E-state index contributed by atoms with van der Waals surface area (Å²) >= 11 is 9.56. The maximum Gasteiger partial charge on any atom is 0.271 e. The minimum absolute atomic E-state index is 0.00328. The molecule has 4 N–H and O–H groups in total. The van der Waals surface area contributed by atoms with Gasteiger partial charge in [0.15, 0.2) is 0 Å². The van der Waals surface area contributed by atoms with Gasteiger partial charge in [-0.2, -0.15) is 0 Å². The molecule has 1 heterocycles. The predicted molar refractivity (Wildman–Crippen MR) is 125 cm³/mol. The molecule has 0 fully saturated rings. The van der Waals surface area contributed by atoms with Gasteiger partial charge in [0.05, 0.1) is 5.02 Å². The second kappa shape index (κ2) is 8.97. The highest BCUT2D eigenvalue weighted by Gasteiger charge is 2.15. The molecule has 146 valence electrons. The van der Waals surface area contributed by atoms with Crippen LogP contribution in [0.25, 0.3) is 0 Å². The summed E-state index contributed by atoms with van der Waals surface area (Å²) in [5.74, 6) is 1.46. The molecule has 3 rings (SSSR count). The van der Waals surface area contributed by atoms with E-state index >= 15 is 0 Å². The molecule has 9 heteroatoms. The molecule has 0 unspecified atom stereocenters. The standard InChI is InChI=1S/C19H18ClIN4O2S/c1-10(2)23-17(22)16-18(26)25-28-19(16)24-12-4-6-13(7-5-12)27-15-9-11(21)3-8-14(15)20/h3-10,24H,1-2H3,(H2,22,23)(H,25,26). The number of halogens is 2. The molecule has 0 aliphatic carbocycles. The van der Waals surface area contributed by atoms with Crippen LogP contribution < -0.4 is 21.3 Å². The van der Waals surface area contributed by atoms with Crippen LogP contribution in [0.15, 0.2) is 52.3 Å². The van der Waals surface area contributed by atoms with E-state index in [2.05, 4.69) is 37.3 Å². The lowest BCUT2D eigenvalue weighted by molar-refractivity contribution is 0.482. The smallest absolute Gasteiger partial charge is 0.271 e. The van der Waals surface area contributed by atoms with Crippen molar-refractivity contribution in [3.63, 3.8) is 0 Å². The molecule has 0 saturated heterocycles. The Morgan fingerprint density at radius 2 is 2.00 bits per heavy atom. The summed E-state index contributed by atoms with van der Waals surface area (Å²) in [6.45, 7) is 3.80. The quantitative estimate of drug-likeness (QED) is 0.229. The molecule has 2 aromatic carbocycles. The fourth-order valence-electron chi connectivity index (χ4n) is 2.39. The first-order valence-electron chi connectivity index (χ1n) is 8.38. The third kappa shape index (κ3) is 5.06. The van der Waals surface area contributed by atoms with Gasteiger partial charge in [0.1, 0.15) is 27.9 Å². The highest BCUT2D eigenvalue weighted by Crippen LogP contribution is 2.32. The van der Waals surface area contributed by atoms with Crippen LogP contribution in [-0.4, -0.2) is 16.3 Å². The number of aliphatic imine (C=N–C) groups is 1. The SMILES string of the molecule is CC(C)N=C(N)c1c(Nc2ccc(Oc3cc(I)ccc3Cl)cc2)s[nH]c1=O. The van der Waals surface area contributed by atoms with Crippen molar-refractivity contribution in [3.8, 4) is 11.5 Å². The van der Waals surface area contributed by atoms with E-state index in [-0.39, 0.29) is 17.4 Å². The third-order valence-electron chi connectivity index (χ3n) is 3.59. The summed E-state index contributed by atoms with van der Waals surface area (Å²) in [5.41, 5.74) is 6.87. The van der Waals surface area contributed by atoms with Crippen molar-refractivity contribution in [1.29, 1.82) is 0 Å². The summed E-state index contributed by atoms with van der Waals surface area (Å²) in [4.78, 5) is 16.4. The maximum absolute atomic E-state index is 12.1. The van der Waals surface area contributed by atoms with Crippen LogP contribution in [0.2, 0.25) is 5.02 Å².